The van der Waals surface area contributed by atoms with Crippen LogP contribution in [-0.2, 0) is 0 Å². The molecule has 4 heteroatoms. The lowest BCUT2D eigenvalue weighted by Crippen LogP contribution is -2.27. The largest absolute Gasteiger partial charge is 0.494 e. The Morgan fingerprint density at radius 3 is 2.41 bits per heavy atom. The summed E-state index contributed by atoms with van der Waals surface area (Å²) in [4.78, 5) is 13.9. The topological polar surface area (TPSA) is 29.5 Å². The van der Waals surface area contributed by atoms with Crippen molar-refractivity contribution in [2.75, 3.05) is 20.2 Å². The summed E-state index contributed by atoms with van der Waals surface area (Å²) in [5.41, 5.74) is 0.724. The fraction of sp³-hybridized carbons (Fsp3) is 0.278. The van der Waals surface area contributed by atoms with Crippen LogP contribution in [0.5, 0.6) is 5.75 Å². The second kappa shape index (κ2) is 8.44. The minimum atomic E-state index is 0.0548. The van der Waals surface area contributed by atoms with E-state index >= 15 is 0 Å². The van der Waals surface area contributed by atoms with E-state index in [9.17, 15) is 4.79 Å². The number of nitrogens with zero attached hydrogens (tertiary/aromatic N) is 1. The molecule has 3 nitrogen and oxygen atoms in total. The van der Waals surface area contributed by atoms with Gasteiger partial charge in [0.2, 0.25) is 0 Å². The molecular weight excluding hydrogens is 298 g/mol. The second-order valence-corrected chi connectivity index (χ2v) is 5.54. The van der Waals surface area contributed by atoms with Crippen molar-refractivity contribution in [2.45, 2.75) is 12.8 Å². The highest BCUT2D eigenvalue weighted by atomic mass is 35.5. The molecule has 0 aliphatic heterocycles. The predicted octanol–water partition coefficient (Wildman–Crippen LogP) is 4.27. The van der Waals surface area contributed by atoms with Gasteiger partial charge in [-0.2, -0.15) is 0 Å². The van der Waals surface area contributed by atoms with Crippen molar-refractivity contribution in [3.8, 4) is 5.75 Å². The van der Waals surface area contributed by atoms with Crippen LogP contribution >= 0.6 is 11.6 Å². The molecular formula is C18H20ClNO2. The van der Waals surface area contributed by atoms with E-state index in [0.717, 1.165) is 30.7 Å². The first-order valence-corrected chi connectivity index (χ1v) is 7.73. The maximum absolute atomic E-state index is 12.1. The van der Waals surface area contributed by atoms with E-state index in [-0.39, 0.29) is 5.91 Å². The summed E-state index contributed by atoms with van der Waals surface area (Å²) in [6.07, 6.45) is 1.80. The van der Waals surface area contributed by atoms with Crippen molar-refractivity contribution in [1.82, 2.24) is 4.90 Å². The van der Waals surface area contributed by atoms with Gasteiger partial charge < -0.3 is 9.64 Å². The normalized spacial score (nSPS) is 10.3. The Bertz CT molecular complexity index is 584. The van der Waals surface area contributed by atoms with E-state index in [0.29, 0.717) is 11.6 Å². The molecule has 0 bridgehead atoms. The van der Waals surface area contributed by atoms with Gasteiger partial charge in [-0.15, -0.1) is 0 Å². The highest BCUT2D eigenvalue weighted by Crippen LogP contribution is 2.15. The van der Waals surface area contributed by atoms with Crippen LogP contribution in [0.3, 0.4) is 0 Å². The third-order valence-corrected chi connectivity index (χ3v) is 3.59. The van der Waals surface area contributed by atoms with Crippen LogP contribution in [0.2, 0.25) is 5.02 Å². The van der Waals surface area contributed by atoms with E-state index in [1.54, 1.807) is 4.90 Å². The van der Waals surface area contributed by atoms with Gasteiger partial charge in [-0.3, -0.25) is 4.79 Å². The quantitative estimate of drug-likeness (QED) is 0.714. The second-order valence-electron chi connectivity index (χ2n) is 5.10. The summed E-state index contributed by atoms with van der Waals surface area (Å²) >= 11 is 5.82. The summed E-state index contributed by atoms with van der Waals surface area (Å²) < 4.78 is 5.63. The van der Waals surface area contributed by atoms with Crippen molar-refractivity contribution in [1.29, 1.82) is 0 Å². The van der Waals surface area contributed by atoms with Gasteiger partial charge in [-0.05, 0) is 49.2 Å². The number of amides is 1. The number of unbranched alkanes of at least 4 members (excludes halogenated alkanes) is 1. The Balaban J connectivity index is 1.66. The smallest absolute Gasteiger partial charge is 0.253 e. The van der Waals surface area contributed by atoms with Crippen molar-refractivity contribution in [3.05, 3.63) is 65.2 Å². The maximum atomic E-state index is 12.1. The number of carbonyl (C=O) groups is 1. The standard InChI is InChI=1S/C18H20ClNO2/c1-20(18(21)15-7-3-2-4-8-15)13-5-6-14-22-17-11-9-16(19)10-12-17/h2-4,7-12H,5-6,13-14H2,1H3. The molecule has 0 N–H and O–H groups in total. The van der Waals surface area contributed by atoms with Gasteiger partial charge in [0, 0.05) is 24.2 Å². The zero-order chi connectivity index (χ0) is 15.8. The van der Waals surface area contributed by atoms with Crippen LogP contribution in [0.15, 0.2) is 54.6 Å². The van der Waals surface area contributed by atoms with E-state index in [4.69, 9.17) is 16.3 Å². The Morgan fingerprint density at radius 1 is 1.05 bits per heavy atom. The Kier molecular flexibility index (Phi) is 6.28. The Morgan fingerprint density at radius 2 is 1.73 bits per heavy atom. The highest BCUT2D eigenvalue weighted by Gasteiger charge is 2.10. The van der Waals surface area contributed by atoms with Crippen LogP contribution < -0.4 is 4.74 Å². The van der Waals surface area contributed by atoms with E-state index in [1.807, 2.05) is 61.6 Å². The Labute approximate surface area is 136 Å². The summed E-state index contributed by atoms with van der Waals surface area (Å²) in [5.74, 6) is 0.873. The highest BCUT2D eigenvalue weighted by molar-refractivity contribution is 6.30. The van der Waals surface area contributed by atoms with Crippen molar-refractivity contribution in [2.24, 2.45) is 0 Å². The average molecular weight is 318 g/mol. The number of hydrogen-bond donors (Lipinski definition) is 0. The number of rotatable bonds is 7. The van der Waals surface area contributed by atoms with Gasteiger partial charge in [0.1, 0.15) is 5.75 Å². The number of carbonyl (C=O) groups excluding carboxylic acids is 1. The van der Waals surface area contributed by atoms with Crippen LogP contribution in [-0.4, -0.2) is 31.0 Å². The van der Waals surface area contributed by atoms with Crippen LogP contribution in [0.25, 0.3) is 0 Å². The minimum absolute atomic E-state index is 0.0548. The van der Waals surface area contributed by atoms with Gasteiger partial charge in [0.05, 0.1) is 6.61 Å². The predicted molar refractivity (Wildman–Crippen MR) is 89.6 cm³/mol. The molecule has 116 valence electrons. The number of benzene rings is 2. The molecule has 2 aromatic carbocycles. The molecule has 0 saturated carbocycles. The van der Waals surface area contributed by atoms with Crippen LogP contribution in [0.1, 0.15) is 23.2 Å². The molecule has 2 aromatic rings. The minimum Gasteiger partial charge on any atom is -0.494 e. The number of halogens is 1. The third-order valence-electron chi connectivity index (χ3n) is 3.34. The molecule has 0 unspecified atom stereocenters. The molecule has 0 aliphatic rings. The number of ether oxygens (including phenoxy) is 1. The summed E-state index contributed by atoms with van der Waals surface area (Å²) in [7, 11) is 1.83. The summed E-state index contributed by atoms with van der Waals surface area (Å²) in [5, 5.41) is 0.702. The molecule has 0 radical (unpaired) electrons. The third kappa shape index (κ3) is 5.08. The van der Waals surface area contributed by atoms with Crippen molar-refractivity contribution >= 4 is 17.5 Å². The molecule has 1 amide bonds. The fourth-order valence-electron chi connectivity index (χ4n) is 2.07. The molecule has 0 atom stereocenters. The van der Waals surface area contributed by atoms with Gasteiger partial charge in [-0.25, -0.2) is 0 Å². The zero-order valence-electron chi connectivity index (χ0n) is 12.7. The zero-order valence-corrected chi connectivity index (χ0v) is 13.4. The van der Waals surface area contributed by atoms with Gasteiger partial charge in [0.25, 0.3) is 5.91 Å². The molecule has 0 aromatic heterocycles. The molecule has 22 heavy (non-hydrogen) atoms. The van der Waals surface area contributed by atoms with E-state index < -0.39 is 0 Å². The van der Waals surface area contributed by atoms with Gasteiger partial charge in [-0.1, -0.05) is 29.8 Å². The van der Waals surface area contributed by atoms with E-state index in [1.165, 1.54) is 0 Å². The maximum Gasteiger partial charge on any atom is 0.253 e. The summed E-state index contributed by atoms with van der Waals surface area (Å²) in [6, 6.07) is 16.7. The van der Waals surface area contributed by atoms with E-state index in [2.05, 4.69) is 0 Å². The van der Waals surface area contributed by atoms with Crippen LogP contribution in [0.4, 0.5) is 0 Å². The average Bonchev–Trinajstić information content (AvgIpc) is 2.56. The first-order valence-electron chi connectivity index (χ1n) is 7.36. The van der Waals surface area contributed by atoms with Crippen molar-refractivity contribution < 1.29 is 9.53 Å². The Hall–Kier alpha value is -2.00. The number of hydrogen-bond acceptors (Lipinski definition) is 2. The SMILES string of the molecule is CN(CCCCOc1ccc(Cl)cc1)C(=O)c1ccccc1. The first kappa shape index (κ1) is 16.4. The first-order chi connectivity index (χ1) is 10.7. The molecule has 0 spiro atoms. The van der Waals surface area contributed by atoms with Gasteiger partial charge in [0.15, 0.2) is 0 Å². The van der Waals surface area contributed by atoms with Crippen molar-refractivity contribution in [3.63, 3.8) is 0 Å². The molecule has 0 fully saturated rings. The molecule has 0 saturated heterocycles. The molecule has 0 aliphatic carbocycles. The van der Waals surface area contributed by atoms with Crippen LogP contribution in [0, 0.1) is 0 Å². The lowest BCUT2D eigenvalue weighted by molar-refractivity contribution is 0.0791. The monoisotopic (exact) mass is 317 g/mol. The lowest BCUT2D eigenvalue weighted by atomic mass is 10.2. The van der Waals surface area contributed by atoms with Gasteiger partial charge >= 0.3 is 0 Å². The fourth-order valence-corrected chi connectivity index (χ4v) is 2.20. The summed E-state index contributed by atoms with van der Waals surface area (Å²) in [6.45, 7) is 1.35. The molecule has 0 heterocycles. The lowest BCUT2D eigenvalue weighted by Gasteiger charge is -2.17. The molecule has 2 rings (SSSR count).